The fourth-order valence-corrected chi connectivity index (χ4v) is 4.10. The molecule has 0 bridgehead atoms. The Hall–Kier alpha value is -2.04. The summed E-state index contributed by atoms with van der Waals surface area (Å²) in [6, 6.07) is 13.0. The number of amides is 2. The lowest BCUT2D eigenvalue weighted by molar-refractivity contribution is -0.132. The Morgan fingerprint density at radius 2 is 1.83 bits per heavy atom. The van der Waals surface area contributed by atoms with Crippen LogP contribution in [-0.4, -0.2) is 41.2 Å². The van der Waals surface area contributed by atoms with Gasteiger partial charge < -0.3 is 9.80 Å². The van der Waals surface area contributed by atoms with Gasteiger partial charge in [0.15, 0.2) is 0 Å². The van der Waals surface area contributed by atoms with Crippen molar-refractivity contribution in [1.29, 1.82) is 0 Å². The maximum Gasteiger partial charge on any atom is 0.255 e. The molecule has 2 aromatic rings. The number of halogens is 2. The zero-order valence-corrected chi connectivity index (χ0v) is 18.2. The average Bonchev–Trinajstić information content (AvgIpc) is 2.72. The molecule has 0 fully saturated rings. The minimum absolute atomic E-state index is 0.0329. The number of rotatable bonds is 7. The van der Waals surface area contributed by atoms with Crippen LogP contribution in [0.1, 0.15) is 47.7 Å². The van der Waals surface area contributed by atoms with Gasteiger partial charge in [0, 0.05) is 24.7 Å². The first-order valence-corrected chi connectivity index (χ1v) is 10.8. The molecular weight excluding hydrogens is 407 g/mol. The van der Waals surface area contributed by atoms with Gasteiger partial charge in [0.2, 0.25) is 5.91 Å². The van der Waals surface area contributed by atoms with E-state index >= 15 is 0 Å². The third-order valence-electron chi connectivity index (χ3n) is 5.29. The van der Waals surface area contributed by atoms with Gasteiger partial charge in [-0.2, -0.15) is 0 Å². The number of nitrogens with zero attached hydrogens (tertiary/aromatic N) is 2. The lowest BCUT2D eigenvalue weighted by Gasteiger charge is -2.31. The van der Waals surface area contributed by atoms with Gasteiger partial charge in [0.05, 0.1) is 10.6 Å². The number of hydrogen-bond acceptors (Lipinski definition) is 2. The van der Waals surface area contributed by atoms with E-state index in [0.717, 1.165) is 25.7 Å². The quantitative estimate of drug-likeness (QED) is 0.563. The molecule has 3 rings (SSSR count). The molecule has 0 spiro atoms. The minimum Gasteiger partial charge on any atom is -0.336 e. The van der Waals surface area contributed by atoms with E-state index in [4.69, 9.17) is 23.2 Å². The zero-order chi connectivity index (χ0) is 20.8. The van der Waals surface area contributed by atoms with Gasteiger partial charge in [0.1, 0.15) is 6.54 Å². The number of carbonyl (C=O) groups excluding carboxylic acids is 2. The largest absolute Gasteiger partial charge is 0.336 e. The Balaban J connectivity index is 1.73. The maximum absolute atomic E-state index is 13.1. The van der Waals surface area contributed by atoms with Crippen LogP contribution in [0.4, 0.5) is 0 Å². The van der Waals surface area contributed by atoms with E-state index in [0.29, 0.717) is 35.2 Å². The summed E-state index contributed by atoms with van der Waals surface area (Å²) in [6.07, 6.45) is 3.74. The van der Waals surface area contributed by atoms with Crippen molar-refractivity contribution in [2.24, 2.45) is 0 Å². The second kappa shape index (κ2) is 10.1. The molecule has 0 atom stereocenters. The van der Waals surface area contributed by atoms with Crippen molar-refractivity contribution in [1.82, 2.24) is 9.80 Å². The third kappa shape index (κ3) is 5.52. The van der Waals surface area contributed by atoms with Crippen molar-refractivity contribution in [3.8, 4) is 0 Å². The molecule has 0 N–H and O–H groups in total. The van der Waals surface area contributed by atoms with Gasteiger partial charge in [-0.05, 0) is 42.2 Å². The van der Waals surface area contributed by atoms with Crippen molar-refractivity contribution < 1.29 is 9.59 Å². The van der Waals surface area contributed by atoms with Crippen LogP contribution in [0, 0.1) is 0 Å². The van der Waals surface area contributed by atoms with Crippen molar-refractivity contribution >= 4 is 35.0 Å². The lowest BCUT2D eigenvalue weighted by Crippen LogP contribution is -2.45. The molecule has 4 nitrogen and oxygen atoms in total. The molecule has 6 heteroatoms. The smallest absolute Gasteiger partial charge is 0.255 e. The highest BCUT2D eigenvalue weighted by Crippen LogP contribution is 2.23. The topological polar surface area (TPSA) is 40.6 Å². The van der Waals surface area contributed by atoms with E-state index in [1.807, 2.05) is 17.0 Å². The van der Waals surface area contributed by atoms with Gasteiger partial charge in [0.25, 0.3) is 5.91 Å². The fraction of sp³-hybridized carbons (Fsp3) is 0.391. The number of carbonyl (C=O) groups is 2. The summed E-state index contributed by atoms with van der Waals surface area (Å²) in [5, 5.41) is 0.787. The summed E-state index contributed by atoms with van der Waals surface area (Å²) in [4.78, 5) is 29.6. The lowest BCUT2D eigenvalue weighted by atomic mass is 10.00. The molecule has 29 heavy (non-hydrogen) atoms. The summed E-state index contributed by atoms with van der Waals surface area (Å²) >= 11 is 12.2. The van der Waals surface area contributed by atoms with Gasteiger partial charge in [-0.3, -0.25) is 9.59 Å². The van der Waals surface area contributed by atoms with E-state index in [1.54, 1.807) is 23.1 Å². The zero-order valence-electron chi connectivity index (χ0n) is 16.7. The minimum atomic E-state index is -0.228. The first kappa shape index (κ1) is 21.7. The third-order valence-corrected chi connectivity index (χ3v) is 5.84. The van der Waals surface area contributed by atoms with Crippen LogP contribution in [0.3, 0.4) is 0 Å². The van der Waals surface area contributed by atoms with E-state index < -0.39 is 0 Å². The number of hydrogen-bond donors (Lipinski definition) is 0. The first-order valence-electron chi connectivity index (χ1n) is 10.1. The molecule has 0 aliphatic carbocycles. The van der Waals surface area contributed by atoms with Crippen LogP contribution in [0.5, 0.6) is 0 Å². The molecule has 1 aliphatic heterocycles. The summed E-state index contributed by atoms with van der Waals surface area (Å²) in [5.74, 6) is -0.261. The summed E-state index contributed by atoms with van der Waals surface area (Å²) in [6.45, 7) is 3.96. The number of fused-ring (bicyclic) bond motifs is 1. The van der Waals surface area contributed by atoms with Gasteiger partial charge in [-0.1, -0.05) is 67.2 Å². The van der Waals surface area contributed by atoms with Crippen LogP contribution < -0.4 is 0 Å². The van der Waals surface area contributed by atoms with Crippen LogP contribution in [0.2, 0.25) is 10.0 Å². The highest BCUT2D eigenvalue weighted by molar-refractivity contribution is 6.36. The normalized spacial score (nSPS) is 13.1. The predicted molar refractivity (Wildman–Crippen MR) is 117 cm³/mol. The highest BCUT2D eigenvalue weighted by Gasteiger charge is 2.25. The Bertz CT molecular complexity index is 885. The maximum atomic E-state index is 13.1. The molecule has 1 heterocycles. The molecule has 154 valence electrons. The fourth-order valence-electron chi connectivity index (χ4n) is 3.61. The Kier molecular flexibility index (Phi) is 7.57. The molecule has 0 radical (unpaired) electrons. The Labute approximate surface area is 182 Å². The standard InChI is InChI=1S/C23H26Cl2N2O2/c1-2-3-6-12-27(23(29)20-10-9-19(24)14-21(20)25)16-22(28)26-13-11-17-7-4-5-8-18(17)15-26/h4-5,7-10,14H,2-3,6,11-13,15-16H2,1H3. The molecular formula is C23H26Cl2N2O2. The molecule has 0 aromatic heterocycles. The average molecular weight is 433 g/mol. The summed E-state index contributed by atoms with van der Waals surface area (Å²) in [5.41, 5.74) is 2.85. The summed E-state index contributed by atoms with van der Waals surface area (Å²) < 4.78 is 0. The second-order valence-corrected chi connectivity index (χ2v) is 8.24. The van der Waals surface area contributed by atoms with Crippen molar-refractivity contribution in [3.05, 3.63) is 69.2 Å². The Morgan fingerprint density at radius 1 is 1.07 bits per heavy atom. The van der Waals surface area contributed by atoms with Gasteiger partial charge in [-0.15, -0.1) is 0 Å². The predicted octanol–water partition coefficient (Wildman–Crippen LogP) is 5.21. The van der Waals surface area contributed by atoms with Gasteiger partial charge >= 0.3 is 0 Å². The van der Waals surface area contributed by atoms with Gasteiger partial charge in [-0.25, -0.2) is 0 Å². The second-order valence-electron chi connectivity index (χ2n) is 7.39. The first-order chi connectivity index (χ1) is 14.0. The van der Waals surface area contributed by atoms with Crippen molar-refractivity contribution in [3.63, 3.8) is 0 Å². The van der Waals surface area contributed by atoms with Crippen molar-refractivity contribution in [2.75, 3.05) is 19.6 Å². The van der Waals surface area contributed by atoms with Crippen LogP contribution >= 0.6 is 23.2 Å². The molecule has 0 unspecified atom stereocenters. The molecule has 0 saturated heterocycles. The molecule has 2 aromatic carbocycles. The molecule has 2 amide bonds. The van der Waals surface area contributed by atoms with E-state index in [9.17, 15) is 9.59 Å². The van der Waals surface area contributed by atoms with Crippen LogP contribution in [0.25, 0.3) is 0 Å². The SMILES string of the molecule is CCCCCN(CC(=O)N1CCc2ccccc2C1)C(=O)c1ccc(Cl)cc1Cl. The highest BCUT2D eigenvalue weighted by atomic mass is 35.5. The van der Waals surface area contributed by atoms with Crippen LogP contribution in [-0.2, 0) is 17.8 Å². The molecule has 1 aliphatic rings. The van der Waals surface area contributed by atoms with E-state index in [2.05, 4.69) is 19.1 Å². The summed E-state index contributed by atoms with van der Waals surface area (Å²) in [7, 11) is 0. The van der Waals surface area contributed by atoms with E-state index in [1.165, 1.54) is 11.1 Å². The van der Waals surface area contributed by atoms with Crippen molar-refractivity contribution in [2.45, 2.75) is 39.2 Å². The monoisotopic (exact) mass is 432 g/mol. The van der Waals surface area contributed by atoms with E-state index in [-0.39, 0.29) is 18.4 Å². The Morgan fingerprint density at radius 3 is 2.55 bits per heavy atom. The number of benzene rings is 2. The van der Waals surface area contributed by atoms with Crippen LogP contribution in [0.15, 0.2) is 42.5 Å². The molecule has 0 saturated carbocycles. The number of unbranched alkanes of at least 4 members (excludes halogenated alkanes) is 2.